The maximum absolute atomic E-state index is 11.6. The molecule has 14 heavy (non-hydrogen) atoms. The number of carbonyl (C=O) groups is 1. The van der Waals surface area contributed by atoms with Crippen molar-refractivity contribution in [2.75, 3.05) is 6.61 Å². The first-order valence-electron chi connectivity index (χ1n) is 4.19. The second-order valence-electron chi connectivity index (χ2n) is 2.63. The SMILES string of the molecule is [CH2]N(OCC=C)C(=O)c1ccccc1. The lowest BCUT2D eigenvalue weighted by Crippen LogP contribution is -2.24. The molecule has 1 aromatic carbocycles. The Bertz CT molecular complexity index is 308. The molecule has 0 heterocycles. The van der Waals surface area contributed by atoms with Crippen LogP contribution in [0.25, 0.3) is 0 Å². The summed E-state index contributed by atoms with van der Waals surface area (Å²) in [4.78, 5) is 16.5. The third-order valence-corrected chi connectivity index (χ3v) is 1.60. The maximum Gasteiger partial charge on any atom is 0.277 e. The second-order valence-corrected chi connectivity index (χ2v) is 2.63. The molecule has 0 aliphatic heterocycles. The highest BCUT2D eigenvalue weighted by Gasteiger charge is 2.10. The normalized spacial score (nSPS) is 9.50. The summed E-state index contributed by atoms with van der Waals surface area (Å²) in [6.07, 6.45) is 1.55. The molecule has 0 unspecified atom stereocenters. The Morgan fingerprint density at radius 2 is 2.07 bits per heavy atom. The van der Waals surface area contributed by atoms with Crippen LogP contribution < -0.4 is 0 Å². The van der Waals surface area contributed by atoms with Gasteiger partial charge >= 0.3 is 0 Å². The van der Waals surface area contributed by atoms with E-state index in [0.29, 0.717) is 5.56 Å². The van der Waals surface area contributed by atoms with E-state index in [-0.39, 0.29) is 12.5 Å². The summed E-state index contributed by atoms with van der Waals surface area (Å²) in [6, 6.07) is 8.83. The molecule has 73 valence electrons. The van der Waals surface area contributed by atoms with Gasteiger partial charge in [-0.25, -0.2) is 5.06 Å². The zero-order valence-corrected chi connectivity index (χ0v) is 7.85. The number of hydrogen-bond donors (Lipinski definition) is 0. The van der Waals surface area contributed by atoms with Crippen LogP contribution >= 0.6 is 0 Å². The van der Waals surface area contributed by atoms with Crippen LogP contribution in [0.1, 0.15) is 10.4 Å². The topological polar surface area (TPSA) is 29.5 Å². The van der Waals surface area contributed by atoms with Crippen molar-refractivity contribution in [1.82, 2.24) is 5.06 Å². The molecule has 0 aromatic heterocycles. The molecule has 1 rings (SSSR count). The maximum atomic E-state index is 11.6. The fourth-order valence-electron chi connectivity index (χ4n) is 0.926. The van der Waals surface area contributed by atoms with E-state index in [1.54, 1.807) is 30.3 Å². The van der Waals surface area contributed by atoms with Gasteiger partial charge < -0.3 is 0 Å². The van der Waals surface area contributed by atoms with Crippen LogP contribution in [-0.2, 0) is 4.84 Å². The van der Waals surface area contributed by atoms with Gasteiger partial charge in [0, 0.05) is 5.56 Å². The van der Waals surface area contributed by atoms with Crippen LogP contribution in [0.15, 0.2) is 43.0 Å². The molecule has 0 aliphatic carbocycles. The van der Waals surface area contributed by atoms with Gasteiger partial charge in [-0.2, -0.15) is 0 Å². The molecule has 0 N–H and O–H groups in total. The van der Waals surface area contributed by atoms with Gasteiger partial charge in [-0.1, -0.05) is 24.3 Å². The fraction of sp³-hybridized carbons (Fsp3) is 0.0909. The van der Waals surface area contributed by atoms with E-state index in [9.17, 15) is 4.79 Å². The zero-order valence-electron chi connectivity index (χ0n) is 7.85. The Morgan fingerprint density at radius 3 is 2.64 bits per heavy atom. The number of benzene rings is 1. The first kappa shape index (κ1) is 10.5. The van der Waals surface area contributed by atoms with Gasteiger partial charge in [0.15, 0.2) is 0 Å². The lowest BCUT2D eigenvalue weighted by atomic mass is 10.2. The molecule has 1 radical (unpaired) electrons. The quantitative estimate of drug-likeness (QED) is 0.537. The van der Waals surface area contributed by atoms with Gasteiger partial charge in [0.05, 0.1) is 13.7 Å². The van der Waals surface area contributed by atoms with Crippen molar-refractivity contribution in [2.24, 2.45) is 0 Å². The third-order valence-electron chi connectivity index (χ3n) is 1.60. The van der Waals surface area contributed by atoms with Crippen molar-refractivity contribution in [2.45, 2.75) is 0 Å². The molecule has 0 fully saturated rings. The highest BCUT2D eigenvalue weighted by molar-refractivity contribution is 5.93. The molecule has 3 nitrogen and oxygen atoms in total. The molecule has 0 spiro atoms. The summed E-state index contributed by atoms with van der Waals surface area (Å²) in [5.41, 5.74) is 0.548. The molecule has 0 atom stereocenters. The van der Waals surface area contributed by atoms with E-state index < -0.39 is 0 Å². The lowest BCUT2D eigenvalue weighted by Gasteiger charge is -2.14. The third kappa shape index (κ3) is 2.71. The summed E-state index contributed by atoms with van der Waals surface area (Å²) in [5.74, 6) is -0.271. The Hall–Kier alpha value is -1.61. The summed E-state index contributed by atoms with van der Waals surface area (Å²) in [6.45, 7) is 3.74. The van der Waals surface area contributed by atoms with Crippen molar-refractivity contribution in [3.05, 3.63) is 55.6 Å². The highest BCUT2D eigenvalue weighted by atomic mass is 16.7. The lowest BCUT2D eigenvalue weighted by molar-refractivity contribution is -0.0791. The van der Waals surface area contributed by atoms with Gasteiger partial charge in [-0.05, 0) is 12.1 Å². The molecule has 0 aliphatic rings. The van der Waals surface area contributed by atoms with Crippen LogP contribution in [0.4, 0.5) is 0 Å². The monoisotopic (exact) mass is 190 g/mol. The van der Waals surface area contributed by atoms with Crippen LogP contribution in [-0.4, -0.2) is 17.6 Å². The predicted molar refractivity (Wildman–Crippen MR) is 54.1 cm³/mol. The summed E-state index contributed by atoms with van der Waals surface area (Å²) < 4.78 is 0. The molecule has 1 amide bonds. The molecular formula is C11H12NO2. The number of amides is 1. The first-order chi connectivity index (χ1) is 6.75. The number of hydrogen-bond acceptors (Lipinski definition) is 2. The van der Waals surface area contributed by atoms with Gasteiger partial charge in [0.1, 0.15) is 0 Å². The summed E-state index contributed by atoms with van der Waals surface area (Å²) >= 11 is 0. The van der Waals surface area contributed by atoms with Crippen molar-refractivity contribution in [3.8, 4) is 0 Å². The number of nitrogens with zero attached hydrogens (tertiary/aromatic N) is 1. The van der Waals surface area contributed by atoms with Crippen molar-refractivity contribution in [1.29, 1.82) is 0 Å². The molecule has 0 saturated carbocycles. The van der Waals surface area contributed by atoms with Gasteiger partial charge in [0.25, 0.3) is 5.91 Å². The minimum atomic E-state index is -0.271. The Balaban J connectivity index is 2.61. The molecular weight excluding hydrogens is 178 g/mol. The average molecular weight is 190 g/mol. The van der Waals surface area contributed by atoms with Crippen molar-refractivity contribution in [3.63, 3.8) is 0 Å². The van der Waals surface area contributed by atoms with Crippen LogP contribution in [0.5, 0.6) is 0 Å². The Kier molecular flexibility index (Phi) is 3.88. The molecule has 0 saturated heterocycles. The molecule has 0 bridgehead atoms. The number of rotatable bonds is 4. The van der Waals surface area contributed by atoms with Gasteiger partial charge in [0.2, 0.25) is 0 Å². The van der Waals surface area contributed by atoms with E-state index in [4.69, 9.17) is 4.84 Å². The van der Waals surface area contributed by atoms with Gasteiger partial charge in [-0.3, -0.25) is 9.63 Å². The van der Waals surface area contributed by atoms with E-state index in [1.807, 2.05) is 6.07 Å². The fourth-order valence-corrected chi connectivity index (χ4v) is 0.926. The highest BCUT2D eigenvalue weighted by Crippen LogP contribution is 2.03. The van der Waals surface area contributed by atoms with Crippen molar-refractivity contribution >= 4 is 5.91 Å². The number of hydroxylamine groups is 2. The smallest absolute Gasteiger partial charge is 0.267 e. The molecule has 3 heteroatoms. The first-order valence-corrected chi connectivity index (χ1v) is 4.19. The zero-order chi connectivity index (χ0) is 10.4. The predicted octanol–water partition coefficient (Wildman–Crippen LogP) is 2.04. The Morgan fingerprint density at radius 1 is 1.43 bits per heavy atom. The van der Waals surface area contributed by atoms with Gasteiger partial charge in [-0.15, -0.1) is 6.58 Å². The van der Waals surface area contributed by atoms with Crippen LogP contribution in [0, 0.1) is 7.05 Å². The molecule has 1 aromatic rings. The Labute approximate surface area is 83.6 Å². The van der Waals surface area contributed by atoms with E-state index >= 15 is 0 Å². The second kappa shape index (κ2) is 5.19. The number of carbonyl (C=O) groups excluding carboxylic acids is 1. The average Bonchev–Trinajstić information content (AvgIpc) is 2.26. The van der Waals surface area contributed by atoms with Crippen molar-refractivity contribution < 1.29 is 9.63 Å². The summed E-state index contributed by atoms with van der Waals surface area (Å²) in [5, 5.41) is 0.955. The largest absolute Gasteiger partial charge is 0.277 e. The van der Waals surface area contributed by atoms with Crippen LogP contribution in [0.3, 0.4) is 0 Å². The minimum absolute atomic E-state index is 0.266. The van der Waals surface area contributed by atoms with E-state index in [2.05, 4.69) is 13.6 Å². The summed E-state index contributed by atoms with van der Waals surface area (Å²) in [7, 11) is 3.47. The van der Waals surface area contributed by atoms with E-state index in [1.165, 1.54) is 0 Å². The standard InChI is InChI=1S/C11H12NO2/c1-3-9-14-12(2)11(13)10-7-5-4-6-8-10/h3-8H,1-2,9H2. The van der Waals surface area contributed by atoms with E-state index in [0.717, 1.165) is 5.06 Å². The minimum Gasteiger partial charge on any atom is -0.267 e. The van der Waals surface area contributed by atoms with Crippen LogP contribution in [0.2, 0.25) is 0 Å².